The van der Waals surface area contributed by atoms with Crippen LogP contribution in [-0.2, 0) is 13.5 Å². The minimum Gasteiger partial charge on any atom is -0.324 e. The van der Waals surface area contributed by atoms with Crippen LogP contribution in [0.2, 0.25) is 0 Å². The Morgan fingerprint density at radius 3 is 3.00 bits per heavy atom. The molecule has 3 aromatic rings. The Balaban J connectivity index is 1.88. The third kappa shape index (κ3) is 2.05. The molecule has 0 aliphatic heterocycles. The number of rotatable bonds is 3. The zero-order chi connectivity index (χ0) is 12.5. The van der Waals surface area contributed by atoms with Crippen molar-refractivity contribution < 1.29 is 0 Å². The molecule has 4 heteroatoms. The van der Waals surface area contributed by atoms with Crippen LogP contribution in [0.15, 0.2) is 42.0 Å². The molecule has 1 aromatic carbocycles. The summed E-state index contributed by atoms with van der Waals surface area (Å²) in [7, 11) is 1.91. The first kappa shape index (κ1) is 11.4. The number of fused-ring (bicyclic) bond motifs is 1. The van der Waals surface area contributed by atoms with Gasteiger partial charge >= 0.3 is 0 Å². The van der Waals surface area contributed by atoms with Crippen LogP contribution in [0.4, 0.5) is 0 Å². The first-order chi connectivity index (χ1) is 8.74. The third-order valence-electron chi connectivity index (χ3n) is 3.15. The van der Waals surface area contributed by atoms with Gasteiger partial charge in [0.2, 0.25) is 0 Å². The van der Waals surface area contributed by atoms with Crippen molar-refractivity contribution in [1.29, 1.82) is 0 Å². The number of nitrogens with two attached hydrogens (primary N) is 1. The molecular weight excluding hydrogens is 242 g/mol. The molecule has 18 heavy (non-hydrogen) atoms. The number of hydrogen-bond donors (Lipinski definition) is 1. The monoisotopic (exact) mass is 257 g/mol. The van der Waals surface area contributed by atoms with E-state index >= 15 is 0 Å². The predicted molar refractivity (Wildman–Crippen MR) is 75.7 cm³/mol. The smallest absolute Gasteiger partial charge is 0.0537 e. The molecule has 0 aliphatic rings. The van der Waals surface area contributed by atoms with Gasteiger partial charge in [0.15, 0.2) is 0 Å². The summed E-state index contributed by atoms with van der Waals surface area (Å²) in [6.07, 6.45) is 4.69. The fraction of sp³-hybridized carbons (Fsp3) is 0.214. The Morgan fingerprint density at radius 2 is 2.22 bits per heavy atom. The number of aromatic nitrogens is 2. The second-order valence-corrected chi connectivity index (χ2v) is 5.43. The summed E-state index contributed by atoms with van der Waals surface area (Å²) in [5.41, 5.74) is 8.66. The number of benzene rings is 1. The van der Waals surface area contributed by atoms with Gasteiger partial charge in [0.05, 0.1) is 6.20 Å². The second kappa shape index (κ2) is 4.55. The Hall–Kier alpha value is -1.65. The largest absolute Gasteiger partial charge is 0.324 e. The molecule has 0 spiro atoms. The van der Waals surface area contributed by atoms with Gasteiger partial charge < -0.3 is 5.73 Å². The van der Waals surface area contributed by atoms with Gasteiger partial charge in [0.1, 0.15) is 0 Å². The van der Waals surface area contributed by atoms with E-state index in [1.807, 2.05) is 19.4 Å². The molecule has 2 heterocycles. The van der Waals surface area contributed by atoms with Gasteiger partial charge in [0, 0.05) is 29.5 Å². The molecule has 1 atom stereocenters. The van der Waals surface area contributed by atoms with Crippen molar-refractivity contribution in [1.82, 2.24) is 9.78 Å². The van der Waals surface area contributed by atoms with Crippen molar-refractivity contribution in [3.8, 4) is 0 Å². The standard InChI is InChI=1S/C14H15N3S/c1-17-8-11(7-16-17)13(15)6-10-9-18-14-5-3-2-4-12(10)14/h2-5,7-9,13H,6,15H2,1H3. The molecule has 0 aliphatic carbocycles. The highest BCUT2D eigenvalue weighted by Crippen LogP contribution is 2.28. The molecule has 2 N–H and O–H groups in total. The van der Waals surface area contributed by atoms with Crippen LogP contribution < -0.4 is 5.73 Å². The Labute approximate surface area is 110 Å². The lowest BCUT2D eigenvalue weighted by Crippen LogP contribution is -2.12. The molecular formula is C14H15N3S. The summed E-state index contributed by atoms with van der Waals surface area (Å²) in [5, 5.41) is 7.70. The summed E-state index contributed by atoms with van der Waals surface area (Å²) in [6, 6.07) is 8.48. The minimum absolute atomic E-state index is 0.0108. The predicted octanol–water partition coefficient (Wildman–Crippen LogP) is 2.88. The Morgan fingerprint density at radius 1 is 1.39 bits per heavy atom. The van der Waals surface area contributed by atoms with Gasteiger partial charge in [-0.15, -0.1) is 11.3 Å². The molecule has 0 saturated carbocycles. The lowest BCUT2D eigenvalue weighted by molar-refractivity contribution is 0.721. The van der Waals surface area contributed by atoms with Crippen molar-refractivity contribution in [2.45, 2.75) is 12.5 Å². The molecule has 0 amide bonds. The molecule has 0 saturated heterocycles. The maximum absolute atomic E-state index is 6.24. The van der Waals surface area contributed by atoms with E-state index in [-0.39, 0.29) is 6.04 Å². The van der Waals surface area contributed by atoms with Gasteiger partial charge in [-0.05, 0) is 28.8 Å². The van der Waals surface area contributed by atoms with Crippen LogP contribution in [0, 0.1) is 0 Å². The maximum Gasteiger partial charge on any atom is 0.0537 e. The number of thiophene rings is 1. The Bertz CT molecular complexity index is 668. The molecule has 2 aromatic heterocycles. The number of aryl methyl sites for hydroxylation is 1. The topological polar surface area (TPSA) is 43.8 Å². The van der Waals surface area contributed by atoms with Gasteiger partial charge in [0.25, 0.3) is 0 Å². The highest BCUT2D eigenvalue weighted by atomic mass is 32.1. The molecule has 3 rings (SSSR count). The maximum atomic E-state index is 6.24. The molecule has 92 valence electrons. The van der Waals surface area contributed by atoms with E-state index < -0.39 is 0 Å². The normalized spacial score (nSPS) is 13.0. The number of nitrogens with zero attached hydrogens (tertiary/aromatic N) is 2. The van der Waals surface area contributed by atoms with E-state index in [1.165, 1.54) is 15.6 Å². The first-order valence-corrected chi connectivity index (χ1v) is 6.81. The van der Waals surface area contributed by atoms with Crippen molar-refractivity contribution in [3.05, 3.63) is 53.2 Å². The molecule has 0 radical (unpaired) electrons. The summed E-state index contributed by atoms with van der Waals surface area (Å²) in [4.78, 5) is 0. The SMILES string of the molecule is Cn1cc(C(N)Cc2csc3ccccc23)cn1. The van der Waals surface area contributed by atoms with Crippen LogP contribution in [0.25, 0.3) is 10.1 Å². The van der Waals surface area contributed by atoms with E-state index in [9.17, 15) is 0 Å². The first-order valence-electron chi connectivity index (χ1n) is 5.93. The van der Waals surface area contributed by atoms with Crippen LogP contribution in [0.3, 0.4) is 0 Å². The highest BCUT2D eigenvalue weighted by molar-refractivity contribution is 7.17. The van der Waals surface area contributed by atoms with Gasteiger partial charge in [-0.1, -0.05) is 18.2 Å². The molecule has 0 fully saturated rings. The molecule has 1 unspecified atom stereocenters. The van der Waals surface area contributed by atoms with Crippen molar-refractivity contribution in [2.75, 3.05) is 0 Å². The summed E-state index contributed by atoms with van der Waals surface area (Å²) in [6.45, 7) is 0. The van der Waals surface area contributed by atoms with Crippen LogP contribution in [0.1, 0.15) is 17.2 Å². The van der Waals surface area contributed by atoms with Gasteiger partial charge in [-0.2, -0.15) is 5.10 Å². The fourth-order valence-electron chi connectivity index (χ4n) is 2.18. The highest BCUT2D eigenvalue weighted by Gasteiger charge is 2.12. The fourth-order valence-corrected chi connectivity index (χ4v) is 3.15. The van der Waals surface area contributed by atoms with Crippen molar-refractivity contribution in [3.63, 3.8) is 0 Å². The van der Waals surface area contributed by atoms with Crippen LogP contribution >= 0.6 is 11.3 Å². The van der Waals surface area contributed by atoms with Crippen molar-refractivity contribution >= 4 is 21.4 Å². The summed E-state index contributed by atoms with van der Waals surface area (Å²) >= 11 is 1.78. The lowest BCUT2D eigenvalue weighted by atomic mass is 10.0. The number of hydrogen-bond acceptors (Lipinski definition) is 3. The molecule has 3 nitrogen and oxygen atoms in total. The summed E-state index contributed by atoms with van der Waals surface area (Å²) in [5.74, 6) is 0. The average Bonchev–Trinajstić information content (AvgIpc) is 2.97. The van der Waals surface area contributed by atoms with E-state index in [4.69, 9.17) is 5.73 Å². The van der Waals surface area contributed by atoms with E-state index in [2.05, 4.69) is 34.7 Å². The zero-order valence-corrected chi connectivity index (χ0v) is 11.0. The van der Waals surface area contributed by atoms with Crippen LogP contribution in [-0.4, -0.2) is 9.78 Å². The zero-order valence-electron chi connectivity index (χ0n) is 10.2. The lowest BCUT2D eigenvalue weighted by Gasteiger charge is -2.08. The third-order valence-corrected chi connectivity index (χ3v) is 4.17. The average molecular weight is 257 g/mol. The quantitative estimate of drug-likeness (QED) is 0.784. The van der Waals surface area contributed by atoms with E-state index in [0.29, 0.717) is 0 Å². The minimum atomic E-state index is 0.0108. The summed E-state index contributed by atoms with van der Waals surface area (Å²) < 4.78 is 3.12. The van der Waals surface area contributed by atoms with E-state index in [0.717, 1.165) is 12.0 Å². The van der Waals surface area contributed by atoms with Gasteiger partial charge in [-0.3, -0.25) is 4.68 Å². The molecule has 0 bridgehead atoms. The Kier molecular flexibility index (Phi) is 2.89. The van der Waals surface area contributed by atoms with Crippen LogP contribution in [0.5, 0.6) is 0 Å². The van der Waals surface area contributed by atoms with Gasteiger partial charge in [-0.25, -0.2) is 0 Å². The van der Waals surface area contributed by atoms with Crippen molar-refractivity contribution in [2.24, 2.45) is 12.8 Å². The van der Waals surface area contributed by atoms with E-state index in [1.54, 1.807) is 16.0 Å². The second-order valence-electron chi connectivity index (χ2n) is 4.52.